The van der Waals surface area contributed by atoms with Gasteiger partial charge in [-0.2, -0.15) is 0 Å². The number of anilines is 1. The maximum absolute atomic E-state index is 12.8. The quantitative estimate of drug-likeness (QED) is 0.449. The number of hydrogen-bond donors (Lipinski definition) is 2. The Kier molecular flexibility index (Phi) is 5.82. The zero-order chi connectivity index (χ0) is 21.8. The first-order valence-electron chi connectivity index (χ1n) is 9.49. The molecule has 0 aliphatic rings. The highest BCUT2D eigenvalue weighted by Crippen LogP contribution is 2.28. The van der Waals surface area contributed by atoms with Crippen molar-refractivity contribution < 1.29 is 14.3 Å². The lowest BCUT2D eigenvalue weighted by Gasteiger charge is -2.11. The molecule has 0 spiro atoms. The van der Waals surface area contributed by atoms with Gasteiger partial charge in [-0.25, -0.2) is 0 Å². The highest BCUT2D eigenvalue weighted by Gasteiger charge is 2.12. The summed E-state index contributed by atoms with van der Waals surface area (Å²) in [6, 6.07) is 21.2. The molecule has 7 heteroatoms. The van der Waals surface area contributed by atoms with Crippen LogP contribution in [0.2, 0.25) is 5.02 Å². The van der Waals surface area contributed by atoms with E-state index in [2.05, 4.69) is 15.6 Å². The smallest absolute Gasteiger partial charge is 0.269 e. The predicted octanol–water partition coefficient (Wildman–Crippen LogP) is 5.29. The molecule has 0 bridgehead atoms. The molecule has 6 nitrogen and oxygen atoms in total. The number of benzene rings is 3. The minimum atomic E-state index is -0.292. The van der Waals surface area contributed by atoms with Crippen molar-refractivity contribution >= 4 is 39.9 Å². The Morgan fingerprint density at radius 3 is 2.52 bits per heavy atom. The standard InChI is InChI=1S/C24H18ClN3O3/c1-26-24(30)22-14-19(10-11-27-22)31-18-8-9-20-15(12-18)4-2-7-21(20)23(29)28-17-6-3-5-16(25)13-17/h2-14H,1H3,(H,26,30)(H,28,29). The average molecular weight is 432 g/mol. The fourth-order valence-electron chi connectivity index (χ4n) is 3.15. The average Bonchev–Trinajstić information content (AvgIpc) is 2.78. The second-order valence-electron chi connectivity index (χ2n) is 6.71. The highest BCUT2D eigenvalue weighted by atomic mass is 35.5. The van der Waals surface area contributed by atoms with E-state index in [0.717, 1.165) is 10.8 Å². The van der Waals surface area contributed by atoms with Crippen molar-refractivity contribution in [2.75, 3.05) is 12.4 Å². The van der Waals surface area contributed by atoms with Crippen molar-refractivity contribution in [3.63, 3.8) is 0 Å². The zero-order valence-electron chi connectivity index (χ0n) is 16.6. The SMILES string of the molecule is CNC(=O)c1cc(Oc2ccc3c(C(=O)Nc4cccc(Cl)c4)cccc3c2)ccn1. The molecule has 0 aliphatic heterocycles. The summed E-state index contributed by atoms with van der Waals surface area (Å²) in [7, 11) is 1.54. The number of pyridine rings is 1. The van der Waals surface area contributed by atoms with Crippen LogP contribution in [0.1, 0.15) is 20.8 Å². The van der Waals surface area contributed by atoms with E-state index in [-0.39, 0.29) is 17.5 Å². The van der Waals surface area contributed by atoms with Crippen molar-refractivity contribution in [3.8, 4) is 11.5 Å². The first kappa shape index (κ1) is 20.4. The molecule has 0 saturated heterocycles. The van der Waals surface area contributed by atoms with Crippen molar-refractivity contribution in [1.29, 1.82) is 0 Å². The number of aromatic nitrogens is 1. The van der Waals surface area contributed by atoms with Gasteiger partial charge in [-0.15, -0.1) is 0 Å². The van der Waals surface area contributed by atoms with Gasteiger partial charge in [0.1, 0.15) is 17.2 Å². The van der Waals surface area contributed by atoms with Gasteiger partial charge in [-0.1, -0.05) is 29.8 Å². The van der Waals surface area contributed by atoms with Crippen LogP contribution in [0, 0.1) is 0 Å². The van der Waals surface area contributed by atoms with Gasteiger partial charge in [0.25, 0.3) is 11.8 Å². The molecule has 3 aromatic carbocycles. The minimum absolute atomic E-state index is 0.231. The Morgan fingerprint density at radius 1 is 0.903 bits per heavy atom. The molecule has 0 unspecified atom stereocenters. The van der Waals surface area contributed by atoms with Crippen LogP contribution in [0.15, 0.2) is 79.0 Å². The molecule has 0 aliphatic carbocycles. The number of fused-ring (bicyclic) bond motifs is 1. The third-order valence-corrected chi connectivity index (χ3v) is 4.84. The molecule has 154 valence electrons. The molecule has 2 N–H and O–H groups in total. The number of hydrogen-bond acceptors (Lipinski definition) is 4. The summed E-state index contributed by atoms with van der Waals surface area (Å²) in [5, 5.41) is 7.58. The van der Waals surface area contributed by atoms with E-state index in [4.69, 9.17) is 16.3 Å². The van der Waals surface area contributed by atoms with Crippen molar-refractivity contribution in [2.45, 2.75) is 0 Å². The van der Waals surface area contributed by atoms with Crippen molar-refractivity contribution in [2.24, 2.45) is 0 Å². The van der Waals surface area contributed by atoms with Crippen LogP contribution in [0.3, 0.4) is 0 Å². The second-order valence-corrected chi connectivity index (χ2v) is 7.15. The lowest BCUT2D eigenvalue weighted by molar-refractivity contribution is 0.0957. The topological polar surface area (TPSA) is 80.3 Å². The van der Waals surface area contributed by atoms with E-state index in [0.29, 0.717) is 27.8 Å². The van der Waals surface area contributed by atoms with E-state index < -0.39 is 0 Å². The number of rotatable bonds is 5. The summed E-state index contributed by atoms with van der Waals surface area (Å²) in [4.78, 5) is 28.6. The van der Waals surface area contributed by atoms with E-state index in [1.54, 1.807) is 55.6 Å². The van der Waals surface area contributed by atoms with Gasteiger partial charge in [0, 0.05) is 35.6 Å². The van der Waals surface area contributed by atoms with Gasteiger partial charge in [-0.3, -0.25) is 14.6 Å². The van der Waals surface area contributed by atoms with Crippen molar-refractivity contribution in [3.05, 3.63) is 95.3 Å². The number of carbonyl (C=O) groups excluding carboxylic acids is 2. The molecule has 0 fully saturated rings. The number of carbonyl (C=O) groups is 2. The number of ether oxygens (including phenoxy) is 1. The number of halogens is 1. The summed E-state index contributed by atoms with van der Waals surface area (Å²) in [5.41, 5.74) is 1.43. The van der Waals surface area contributed by atoms with Crippen molar-refractivity contribution in [1.82, 2.24) is 10.3 Å². The molecule has 31 heavy (non-hydrogen) atoms. The Hall–Kier alpha value is -3.90. The van der Waals surface area contributed by atoms with Crippen LogP contribution in [0.25, 0.3) is 10.8 Å². The lowest BCUT2D eigenvalue weighted by Crippen LogP contribution is -2.18. The molecule has 4 aromatic rings. The number of amides is 2. The van der Waals surface area contributed by atoms with Gasteiger partial charge in [0.05, 0.1) is 0 Å². The van der Waals surface area contributed by atoms with E-state index in [9.17, 15) is 9.59 Å². The highest BCUT2D eigenvalue weighted by molar-refractivity contribution is 6.31. The van der Waals surface area contributed by atoms with Crippen LogP contribution < -0.4 is 15.4 Å². The maximum Gasteiger partial charge on any atom is 0.269 e. The largest absolute Gasteiger partial charge is 0.457 e. The number of nitrogens with one attached hydrogen (secondary N) is 2. The Morgan fingerprint density at radius 2 is 1.71 bits per heavy atom. The molecule has 1 heterocycles. The molecule has 2 amide bonds. The molecule has 0 atom stereocenters. The molecule has 4 rings (SSSR count). The predicted molar refractivity (Wildman–Crippen MR) is 121 cm³/mol. The monoisotopic (exact) mass is 431 g/mol. The van der Waals surface area contributed by atoms with Crippen LogP contribution in [0.4, 0.5) is 5.69 Å². The third kappa shape index (κ3) is 4.65. The van der Waals surface area contributed by atoms with Crippen LogP contribution in [-0.4, -0.2) is 23.8 Å². The van der Waals surface area contributed by atoms with Crippen LogP contribution in [-0.2, 0) is 0 Å². The summed E-state index contributed by atoms with van der Waals surface area (Å²) in [6.07, 6.45) is 1.51. The Labute approximate surface area is 183 Å². The molecular formula is C24H18ClN3O3. The Balaban J connectivity index is 1.59. The molecule has 0 radical (unpaired) electrons. The third-order valence-electron chi connectivity index (χ3n) is 4.61. The molecular weight excluding hydrogens is 414 g/mol. The first-order chi connectivity index (χ1) is 15.0. The van der Waals surface area contributed by atoms with Crippen LogP contribution in [0.5, 0.6) is 11.5 Å². The number of nitrogens with zero attached hydrogens (tertiary/aromatic N) is 1. The lowest BCUT2D eigenvalue weighted by atomic mass is 10.0. The normalized spacial score (nSPS) is 10.5. The first-order valence-corrected chi connectivity index (χ1v) is 9.87. The van der Waals surface area contributed by atoms with Gasteiger partial charge in [-0.05, 0) is 59.3 Å². The van der Waals surface area contributed by atoms with Gasteiger partial charge >= 0.3 is 0 Å². The molecule has 0 saturated carbocycles. The fourth-order valence-corrected chi connectivity index (χ4v) is 3.34. The fraction of sp³-hybridized carbons (Fsp3) is 0.0417. The van der Waals surface area contributed by atoms with E-state index >= 15 is 0 Å². The summed E-state index contributed by atoms with van der Waals surface area (Å²) in [6.45, 7) is 0. The van der Waals surface area contributed by atoms with Gasteiger partial charge in [0.15, 0.2) is 0 Å². The van der Waals surface area contributed by atoms with Gasteiger partial charge < -0.3 is 15.4 Å². The maximum atomic E-state index is 12.8. The van der Waals surface area contributed by atoms with E-state index in [1.807, 2.05) is 24.3 Å². The van der Waals surface area contributed by atoms with E-state index in [1.165, 1.54) is 6.20 Å². The Bertz CT molecular complexity index is 1290. The second kappa shape index (κ2) is 8.85. The summed E-state index contributed by atoms with van der Waals surface area (Å²) < 4.78 is 5.90. The van der Waals surface area contributed by atoms with Gasteiger partial charge in [0.2, 0.25) is 0 Å². The van der Waals surface area contributed by atoms with Crippen LogP contribution >= 0.6 is 11.6 Å². The zero-order valence-corrected chi connectivity index (χ0v) is 17.3. The molecule has 1 aromatic heterocycles. The summed E-state index contributed by atoms with van der Waals surface area (Å²) >= 11 is 6.00. The minimum Gasteiger partial charge on any atom is -0.457 e. The summed E-state index contributed by atoms with van der Waals surface area (Å²) in [5.74, 6) is 0.543.